The van der Waals surface area contributed by atoms with E-state index in [1.54, 1.807) is 24.0 Å². The second-order valence-corrected chi connectivity index (χ2v) is 5.66. The number of nitrogens with one attached hydrogen (secondary N) is 1. The van der Waals surface area contributed by atoms with Gasteiger partial charge in [0.15, 0.2) is 5.82 Å². The maximum Gasteiger partial charge on any atom is 0.233 e. The summed E-state index contributed by atoms with van der Waals surface area (Å²) in [6.45, 7) is 0.128. The SMILES string of the molecule is Cn1ccc(NC(=O)CCN2C(=O)[C@H]3CC=CC[C@H]3C2=O)n1. The van der Waals surface area contributed by atoms with Crippen LogP contribution in [0.15, 0.2) is 24.4 Å². The minimum Gasteiger partial charge on any atom is -0.309 e. The molecule has 7 nitrogen and oxygen atoms in total. The van der Waals surface area contributed by atoms with Gasteiger partial charge in [0, 0.05) is 32.3 Å². The van der Waals surface area contributed by atoms with Crippen LogP contribution in [0, 0.1) is 11.8 Å². The first-order valence-electron chi connectivity index (χ1n) is 7.36. The van der Waals surface area contributed by atoms with Crippen molar-refractivity contribution in [1.82, 2.24) is 14.7 Å². The fourth-order valence-corrected chi connectivity index (χ4v) is 2.99. The molecule has 0 spiro atoms. The molecule has 2 heterocycles. The Morgan fingerprint density at radius 1 is 1.27 bits per heavy atom. The number of nitrogens with zero attached hydrogens (tertiary/aromatic N) is 3. The average Bonchev–Trinajstić information content (AvgIpc) is 3.01. The van der Waals surface area contributed by atoms with Gasteiger partial charge in [-0.3, -0.25) is 24.0 Å². The van der Waals surface area contributed by atoms with Crippen molar-refractivity contribution in [3.8, 4) is 0 Å². The summed E-state index contributed by atoms with van der Waals surface area (Å²) in [6, 6.07) is 1.68. The van der Waals surface area contributed by atoms with E-state index in [1.807, 2.05) is 12.2 Å². The molecule has 0 aromatic carbocycles. The standard InChI is InChI=1S/C15H18N4O3/c1-18-8-6-12(17-18)16-13(20)7-9-19-14(21)10-4-2-3-5-11(10)15(19)22/h2-3,6,8,10-11H,4-5,7,9H2,1H3,(H,16,17,20)/t10-,11+. The zero-order valence-electron chi connectivity index (χ0n) is 12.4. The van der Waals surface area contributed by atoms with Crippen LogP contribution in [0.5, 0.6) is 0 Å². The maximum absolute atomic E-state index is 12.2. The Hall–Kier alpha value is -2.44. The third-order valence-electron chi connectivity index (χ3n) is 4.14. The Labute approximate surface area is 128 Å². The van der Waals surface area contributed by atoms with Crippen LogP contribution < -0.4 is 5.32 Å². The zero-order chi connectivity index (χ0) is 15.7. The van der Waals surface area contributed by atoms with Crippen molar-refractivity contribution in [3.05, 3.63) is 24.4 Å². The molecule has 2 aliphatic rings. The molecule has 116 valence electrons. The van der Waals surface area contributed by atoms with Crippen LogP contribution in [0.3, 0.4) is 0 Å². The van der Waals surface area contributed by atoms with Gasteiger partial charge in [-0.15, -0.1) is 0 Å². The van der Waals surface area contributed by atoms with Crippen molar-refractivity contribution < 1.29 is 14.4 Å². The average molecular weight is 302 g/mol. The van der Waals surface area contributed by atoms with Crippen LogP contribution in [-0.4, -0.2) is 38.9 Å². The Morgan fingerprint density at radius 2 is 1.91 bits per heavy atom. The molecule has 3 amide bonds. The number of rotatable bonds is 4. The van der Waals surface area contributed by atoms with E-state index in [0.29, 0.717) is 18.7 Å². The Morgan fingerprint density at radius 3 is 2.45 bits per heavy atom. The molecule has 0 bridgehead atoms. The van der Waals surface area contributed by atoms with Crippen molar-refractivity contribution >= 4 is 23.5 Å². The van der Waals surface area contributed by atoms with Gasteiger partial charge in [-0.2, -0.15) is 5.10 Å². The minimum absolute atomic E-state index is 0.0842. The van der Waals surface area contributed by atoms with Gasteiger partial charge < -0.3 is 5.32 Å². The van der Waals surface area contributed by atoms with Gasteiger partial charge in [0.05, 0.1) is 11.8 Å². The molecule has 1 aliphatic heterocycles. The highest BCUT2D eigenvalue weighted by atomic mass is 16.2. The van der Waals surface area contributed by atoms with Crippen molar-refractivity contribution in [1.29, 1.82) is 0 Å². The Balaban J connectivity index is 1.56. The highest BCUT2D eigenvalue weighted by molar-refractivity contribution is 6.05. The van der Waals surface area contributed by atoms with E-state index in [4.69, 9.17) is 0 Å². The molecule has 1 saturated heterocycles. The van der Waals surface area contributed by atoms with Gasteiger partial charge in [0.1, 0.15) is 0 Å². The van der Waals surface area contributed by atoms with Gasteiger partial charge in [-0.05, 0) is 12.8 Å². The van der Waals surface area contributed by atoms with Crippen molar-refractivity contribution in [2.75, 3.05) is 11.9 Å². The van der Waals surface area contributed by atoms with Crippen LogP contribution in [0.25, 0.3) is 0 Å². The molecular formula is C15H18N4O3. The zero-order valence-corrected chi connectivity index (χ0v) is 12.4. The molecule has 0 unspecified atom stereocenters. The van der Waals surface area contributed by atoms with E-state index in [2.05, 4.69) is 10.4 Å². The number of aryl methyl sites for hydroxylation is 1. The van der Waals surface area contributed by atoms with E-state index in [0.717, 1.165) is 0 Å². The van der Waals surface area contributed by atoms with Gasteiger partial charge >= 0.3 is 0 Å². The second-order valence-electron chi connectivity index (χ2n) is 5.66. The summed E-state index contributed by atoms with van der Waals surface area (Å²) in [5, 5.41) is 6.69. The number of carbonyl (C=O) groups is 3. The topological polar surface area (TPSA) is 84.3 Å². The van der Waals surface area contributed by atoms with Crippen LogP contribution in [0.1, 0.15) is 19.3 Å². The first-order valence-corrected chi connectivity index (χ1v) is 7.36. The summed E-state index contributed by atoms with van der Waals surface area (Å²) in [5.74, 6) is -0.570. The lowest BCUT2D eigenvalue weighted by Crippen LogP contribution is -2.34. The minimum atomic E-state index is -0.257. The number of hydrogen-bond donors (Lipinski definition) is 1. The first-order chi connectivity index (χ1) is 10.6. The summed E-state index contributed by atoms with van der Waals surface area (Å²) in [5.41, 5.74) is 0. The molecule has 1 aromatic heterocycles. The van der Waals surface area contributed by atoms with E-state index >= 15 is 0 Å². The summed E-state index contributed by atoms with van der Waals surface area (Å²) >= 11 is 0. The Kier molecular flexibility index (Phi) is 3.79. The van der Waals surface area contributed by atoms with Gasteiger partial charge in [-0.1, -0.05) is 12.2 Å². The molecule has 0 saturated carbocycles. The molecule has 2 atom stereocenters. The molecule has 1 fully saturated rings. The highest BCUT2D eigenvalue weighted by Crippen LogP contribution is 2.34. The third kappa shape index (κ3) is 2.66. The number of allylic oxidation sites excluding steroid dienone is 2. The summed E-state index contributed by atoms with van der Waals surface area (Å²) in [6.07, 6.45) is 6.94. The molecule has 1 aromatic rings. The lowest BCUT2D eigenvalue weighted by atomic mass is 9.85. The smallest absolute Gasteiger partial charge is 0.233 e. The summed E-state index contributed by atoms with van der Waals surface area (Å²) in [7, 11) is 1.76. The highest BCUT2D eigenvalue weighted by Gasteiger charge is 2.46. The van der Waals surface area contributed by atoms with Crippen LogP contribution in [-0.2, 0) is 21.4 Å². The molecule has 7 heteroatoms. The lowest BCUT2D eigenvalue weighted by molar-refractivity contribution is -0.140. The molecule has 0 radical (unpaired) electrons. The van der Waals surface area contributed by atoms with E-state index < -0.39 is 0 Å². The van der Waals surface area contributed by atoms with Crippen LogP contribution in [0.4, 0.5) is 5.82 Å². The number of aromatic nitrogens is 2. The predicted molar refractivity (Wildman–Crippen MR) is 78.5 cm³/mol. The molecule has 22 heavy (non-hydrogen) atoms. The van der Waals surface area contributed by atoms with E-state index in [-0.39, 0.29) is 42.5 Å². The van der Waals surface area contributed by atoms with E-state index in [9.17, 15) is 14.4 Å². The number of fused-ring (bicyclic) bond motifs is 1. The fourth-order valence-electron chi connectivity index (χ4n) is 2.99. The van der Waals surface area contributed by atoms with Crippen molar-refractivity contribution in [2.24, 2.45) is 18.9 Å². The van der Waals surface area contributed by atoms with Gasteiger partial charge in [-0.25, -0.2) is 0 Å². The fraction of sp³-hybridized carbons (Fsp3) is 0.467. The normalized spacial score (nSPS) is 23.8. The van der Waals surface area contributed by atoms with Gasteiger partial charge in [0.2, 0.25) is 17.7 Å². The molecule has 1 aliphatic carbocycles. The monoisotopic (exact) mass is 302 g/mol. The summed E-state index contributed by atoms with van der Waals surface area (Å²) < 4.78 is 1.58. The van der Waals surface area contributed by atoms with Crippen LogP contribution >= 0.6 is 0 Å². The second kappa shape index (κ2) is 5.75. The Bertz CT molecular complexity index is 623. The largest absolute Gasteiger partial charge is 0.309 e. The maximum atomic E-state index is 12.2. The van der Waals surface area contributed by atoms with Gasteiger partial charge in [0.25, 0.3) is 0 Å². The molecule has 1 N–H and O–H groups in total. The number of amides is 3. The molecular weight excluding hydrogens is 284 g/mol. The number of anilines is 1. The predicted octanol–water partition coefficient (Wildman–Crippen LogP) is 0.700. The van der Waals surface area contributed by atoms with Crippen molar-refractivity contribution in [3.63, 3.8) is 0 Å². The lowest BCUT2D eigenvalue weighted by Gasteiger charge is -2.14. The number of hydrogen-bond acceptors (Lipinski definition) is 4. The number of carbonyl (C=O) groups excluding carboxylic acids is 3. The third-order valence-corrected chi connectivity index (χ3v) is 4.14. The van der Waals surface area contributed by atoms with Crippen LogP contribution in [0.2, 0.25) is 0 Å². The summed E-state index contributed by atoms with van der Waals surface area (Å²) in [4.78, 5) is 37.6. The van der Waals surface area contributed by atoms with Crippen molar-refractivity contribution in [2.45, 2.75) is 19.3 Å². The molecule has 3 rings (SSSR count). The van der Waals surface area contributed by atoms with E-state index in [1.165, 1.54) is 4.90 Å². The number of imide groups is 1. The first kappa shape index (κ1) is 14.5. The number of likely N-dealkylation sites (tertiary alicyclic amines) is 1. The quantitative estimate of drug-likeness (QED) is 0.655.